The van der Waals surface area contributed by atoms with Gasteiger partial charge < -0.3 is 14.3 Å². The first-order valence-electron chi connectivity index (χ1n) is 10.4. The van der Waals surface area contributed by atoms with Gasteiger partial charge in [-0.1, -0.05) is 97.1 Å². The van der Waals surface area contributed by atoms with Gasteiger partial charge in [0, 0.05) is 21.9 Å². The third-order valence-corrected chi connectivity index (χ3v) is 6.41. The topological polar surface area (TPSA) is 49.7 Å². The fourth-order valence-corrected chi connectivity index (χ4v) is 5.18. The van der Waals surface area contributed by atoms with Crippen LogP contribution in [0, 0.1) is 0 Å². The fourth-order valence-electron chi connectivity index (χ4n) is 4.82. The first kappa shape index (κ1) is 19.2. The van der Waals surface area contributed by atoms with Crippen molar-refractivity contribution < 1.29 is 14.3 Å². The van der Waals surface area contributed by atoms with Gasteiger partial charge in [-0.2, -0.15) is 0 Å². The Balaban J connectivity index is 1.90. The second-order valence-electron chi connectivity index (χ2n) is 7.84. The third kappa shape index (κ3) is 2.95. The SMILES string of the molecule is OP(O)Oc1c(-c2ccccc2)c(-c2ccccc2)c2ccc3cccc4ccc1c2c43. The van der Waals surface area contributed by atoms with E-state index in [4.69, 9.17) is 4.52 Å². The van der Waals surface area contributed by atoms with Crippen molar-refractivity contribution in [3.8, 4) is 28.0 Å². The van der Waals surface area contributed by atoms with E-state index in [-0.39, 0.29) is 0 Å². The van der Waals surface area contributed by atoms with E-state index in [0.717, 1.165) is 54.6 Å². The predicted octanol–water partition coefficient (Wildman–Crippen LogP) is 7.51. The second-order valence-corrected chi connectivity index (χ2v) is 8.52. The fraction of sp³-hybridized carbons (Fsp3) is 0. The van der Waals surface area contributed by atoms with Crippen LogP contribution in [0.3, 0.4) is 0 Å². The van der Waals surface area contributed by atoms with Crippen LogP contribution in [0.15, 0.2) is 103 Å². The van der Waals surface area contributed by atoms with E-state index in [0.29, 0.717) is 5.75 Å². The molecule has 4 heteroatoms. The third-order valence-electron chi connectivity index (χ3n) is 6.07. The number of benzene rings is 6. The molecule has 0 unspecified atom stereocenters. The first-order chi connectivity index (χ1) is 15.7. The van der Waals surface area contributed by atoms with E-state index in [2.05, 4.69) is 48.5 Å². The molecule has 3 nitrogen and oxygen atoms in total. The largest absolute Gasteiger partial charge is 0.426 e. The maximum atomic E-state index is 9.93. The molecule has 0 fully saturated rings. The van der Waals surface area contributed by atoms with Crippen LogP contribution in [0.25, 0.3) is 54.6 Å². The summed E-state index contributed by atoms with van der Waals surface area (Å²) in [6, 6.07) is 34.9. The molecule has 0 spiro atoms. The zero-order valence-corrected chi connectivity index (χ0v) is 18.0. The van der Waals surface area contributed by atoms with Gasteiger partial charge in [-0.25, -0.2) is 0 Å². The highest BCUT2D eigenvalue weighted by Gasteiger charge is 2.24. The van der Waals surface area contributed by atoms with Gasteiger partial charge in [0.05, 0.1) is 0 Å². The Kier molecular flexibility index (Phi) is 4.55. The summed E-state index contributed by atoms with van der Waals surface area (Å²) in [6.07, 6.45) is 0. The van der Waals surface area contributed by atoms with Crippen molar-refractivity contribution in [3.05, 3.63) is 103 Å². The summed E-state index contributed by atoms with van der Waals surface area (Å²) in [6.45, 7) is 0. The lowest BCUT2D eigenvalue weighted by Gasteiger charge is -2.23. The lowest BCUT2D eigenvalue weighted by atomic mass is 9.84. The zero-order valence-electron chi connectivity index (χ0n) is 17.1. The van der Waals surface area contributed by atoms with Gasteiger partial charge in [0.15, 0.2) is 0 Å². The minimum absolute atomic E-state index is 0.497. The highest BCUT2D eigenvalue weighted by Crippen LogP contribution is 2.52. The van der Waals surface area contributed by atoms with E-state index < -0.39 is 8.60 Å². The summed E-state index contributed by atoms with van der Waals surface area (Å²) >= 11 is 0. The molecule has 32 heavy (non-hydrogen) atoms. The molecule has 0 radical (unpaired) electrons. The van der Waals surface area contributed by atoms with Crippen LogP contribution in [0.5, 0.6) is 5.75 Å². The van der Waals surface area contributed by atoms with Gasteiger partial charge in [0.2, 0.25) is 0 Å². The van der Waals surface area contributed by atoms with Gasteiger partial charge in [0.25, 0.3) is 0 Å². The molecule has 6 aromatic rings. The normalized spacial score (nSPS) is 11.7. The molecule has 0 amide bonds. The summed E-state index contributed by atoms with van der Waals surface area (Å²) in [5, 5.41) is 6.51. The standard InChI is InChI=1S/C28H19O3P/c29-32(30)31-28-23-17-15-21-13-7-12-20-14-16-22(27(23)24(20)21)25(18-8-3-1-4-9-18)26(28)19-10-5-2-6-11-19/h1-17,29-30H. The zero-order chi connectivity index (χ0) is 21.7. The van der Waals surface area contributed by atoms with Crippen molar-refractivity contribution >= 4 is 40.9 Å². The number of hydrogen-bond acceptors (Lipinski definition) is 3. The maximum Gasteiger partial charge on any atom is 0.391 e. The molecule has 0 aliphatic rings. The molecule has 0 bridgehead atoms. The molecule has 6 aromatic carbocycles. The molecule has 154 valence electrons. The van der Waals surface area contributed by atoms with Crippen molar-refractivity contribution in [2.24, 2.45) is 0 Å². The van der Waals surface area contributed by atoms with Crippen molar-refractivity contribution in [2.75, 3.05) is 0 Å². The van der Waals surface area contributed by atoms with E-state index in [1.807, 2.05) is 54.6 Å². The molecule has 0 saturated heterocycles. The van der Waals surface area contributed by atoms with Gasteiger partial charge in [-0.05, 0) is 38.7 Å². The quantitative estimate of drug-likeness (QED) is 0.223. The molecular formula is C28H19O3P. The Morgan fingerprint density at radius 2 is 1.06 bits per heavy atom. The highest BCUT2D eigenvalue weighted by atomic mass is 31.2. The molecule has 6 rings (SSSR count). The summed E-state index contributed by atoms with van der Waals surface area (Å²) in [5.41, 5.74) is 3.89. The van der Waals surface area contributed by atoms with E-state index in [9.17, 15) is 9.79 Å². The van der Waals surface area contributed by atoms with Crippen LogP contribution >= 0.6 is 8.60 Å². The monoisotopic (exact) mass is 434 g/mol. The lowest BCUT2D eigenvalue weighted by molar-refractivity contribution is 0.377. The maximum absolute atomic E-state index is 9.93. The van der Waals surface area contributed by atoms with Crippen molar-refractivity contribution in [1.82, 2.24) is 0 Å². The molecule has 0 aromatic heterocycles. The molecular weight excluding hydrogens is 415 g/mol. The Morgan fingerprint density at radius 1 is 0.500 bits per heavy atom. The van der Waals surface area contributed by atoms with Crippen LogP contribution in [0.1, 0.15) is 0 Å². The van der Waals surface area contributed by atoms with E-state index in [1.165, 1.54) is 0 Å². The summed E-state index contributed by atoms with van der Waals surface area (Å²) in [7, 11) is -2.60. The van der Waals surface area contributed by atoms with Crippen molar-refractivity contribution in [3.63, 3.8) is 0 Å². The second kappa shape index (κ2) is 7.58. The minimum Gasteiger partial charge on any atom is -0.426 e. The van der Waals surface area contributed by atoms with Crippen LogP contribution in [-0.4, -0.2) is 9.79 Å². The molecule has 0 saturated carbocycles. The molecule has 0 aliphatic heterocycles. The Labute approximate surface area is 186 Å². The number of rotatable bonds is 4. The van der Waals surface area contributed by atoms with Gasteiger partial charge >= 0.3 is 8.60 Å². The van der Waals surface area contributed by atoms with Crippen molar-refractivity contribution in [2.45, 2.75) is 0 Å². The molecule has 0 heterocycles. The van der Waals surface area contributed by atoms with E-state index in [1.54, 1.807) is 0 Å². The van der Waals surface area contributed by atoms with Crippen LogP contribution in [0.4, 0.5) is 0 Å². The lowest BCUT2D eigenvalue weighted by Crippen LogP contribution is -1.97. The average Bonchev–Trinajstić information content (AvgIpc) is 2.83. The molecule has 0 atom stereocenters. The van der Waals surface area contributed by atoms with Crippen molar-refractivity contribution in [1.29, 1.82) is 0 Å². The first-order valence-corrected chi connectivity index (χ1v) is 11.6. The summed E-state index contributed by atoms with van der Waals surface area (Å²) < 4.78 is 5.79. The number of hydrogen-bond donors (Lipinski definition) is 2. The van der Waals surface area contributed by atoms with Gasteiger partial charge in [-0.15, -0.1) is 0 Å². The summed E-state index contributed by atoms with van der Waals surface area (Å²) in [5.74, 6) is 0.497. The highest BCUT2D eigenvalue weighted by molar-refractivity contribution is 7.39. The Morgan fingerprint density at radius 3 is 1.66 bits per heavy atom. The molecule has 2 N–H and O–H groups in total. The average molecular weight is 434 g/mol. The Bertz CT molecular complexity index is 1540. The smallest absolute Gasteiger partial charge is 0.391 e. The van der Waals surface area contributed by atoms with E-state index >= 15 is 0 Å². The van der Waals surface area contributed by atoms with Gasteiger partial charge in [0.1, 0.15) is 5.75 Å². The van der Waals surface area contributed by atoms with Crippen LogP contribution < -0.4 is 4.52 Å². The predicted molar refractivity (Wildman–Crippen MR) is 133 cm³/mol. The van der Waals surface area contributed by atoms with Crippen LogP contribution in [0.2, 0.25) is 0 Å². The molecule has 0 aliphatic carbocycles. The van der Waals surface area contributed by atoms with Crippen LogP contribution in [-0.2, 0) is 0 Å². The summed E-state index contributed by atoms with van der Waals surface area (Å²) in [4.78, 5) is 19.9. The Hall–Kier alpha value is -3.49. The van der Waals surface area contributed by atoms with Gasteiger partial charge in [-0.3, -0.25) is 0 Å². The minimum atomic E-state index is -2.60.